The first-order valence-electron chi connectivity index (χ1n) is 7.00. The standard InChI is InChI=1S/C14H22F3N3O2/c1-8(2)6-9(19-12(21)22-13(3,4)5)11-18-7-10(20-11)14(15,16)17/h7-9H,6H2,1-5H3,(H,18,20)(H,19,21). The van der Waals surface area contributed by atoms with E-state index in [1.54, 1.807) is 20.8 Å². The fraction of sp³-hybridized carbons (Fsp3) is 0.714. The highest BCUT2D eigenvalue weighted by Crippen LogP contribution is 2.29. The maximum absolute atomic E-state index is 12.6. The minimum Gasteiger partial charge on any atom is -0.444 e. The number of alkyl carbamates (subject to hydrolysis) is 1. The van der Waals surface area contributed by atoms with Crippen LogP contribution in [0.15, 0.2) is 6.20 Å². The maximum Gasteiger partial charge on any atom is 0.432 e. The van der Waals surface area contributed by atoms with Gasteiger partial charge in [-0.3, -0.25) is 0 Å². The van der Waals surface area contributed by atoms with E-state index in [0.29, 0.717) is 6.42 Å². The van der Waals surface area contributed by atoms with Gasteiger partial charge in [-0.15, -0.1) is 0 Å². The Kier molecular flexibility index (Phi) is 5.48. The Morgan fingerprint density at radius 1 is 1.36 bits per heavy atom. The number of nitrogens with zero attached hydrogens (tertiary/aromatic N) is 1. The van der Waals surface area contributed by atoms with Gasteiger partial charge in [-0.05, 0) is 33.1 Å². The van der Waals surface area contributed by atoms with E-state index in [4.69, 9.17) is 4.74 Å². The predicted molar refractivity (Wildman–Crippen MR) is 75.2 cm³/mol. The summed E-state index contributed by atoms with van der Waals surface area (Å²) < 4.78 is 43.0. The van der Waals surface area contributed by atoms with E-state index < -0.39 is 29.6 Å². The number of aromatic nitrogens is 2. The summed E-state index contributed by atoms with van der Waals surface area (Å²) in [5, 5.41) is 2.56. The quantitative estimate of drug-likeness (QED) is 0.879. The summed E-state index contributed by atoms with van der Waals surface area (Å²) in [4.78, 5) is 17.8. The number of nitrogens with one attached hydrogen (secondary N) is 2. The minimum atomic E-state index is -4.50. The molecule has 0 saturated heterocycles. The van der Waals surface area contributed by atoms with Crippen molar-refractivity contribution >= 4 is 6.09 Å². The molecular weight excluding hydrogens is 299 g/mol. The zero-order chi connectivity index (χ0) is 17.1. The number of aromatic amines is 1. The Morgan fingerprint density at radius 2 is 1.95 bits per heavy atom. The third kappa shape index (κ3) is 5.95. The van der Waals surface area contributed by atoms with Crippen LogP contribution in [0.4, 0.5) is 18.0 Å². The fourth-order valence-electron chi connectivity index (χ4n) is 1.82. The normalized spacial score (nSPS) is 14.0. The number of hydrogen-bond donors (Lipinski definition) is 2. The summed E-state index contributed by atoms with van der Waals surface area (Å²) in [6.07, 6.45) is -4.04. The highest BCUT2D eigenvalue weighted by atomic mass is 19.4. The molecule has 1 atom stereocenters. The molecule has 0 saturated carbocycles. The average Bonchev–Trinajstić information content (AvgIpc) is 2.72. The Labute approximate surface area is 127 Å². The number of rotatable bonds is 4. The number of amides is 1. The van der Waals surface area contributed by atoms with Crippen LogP contribution in [0.1, 0.15) is 58.6 Å². The molecule has 1 heterocycles. The van der Waals surface area contributed by atoms with Crippen LogP contribution >= 0.6 is 0 Å². The SMILES string of the molecule is CC(C)CC(NC(=O)OC(C)(C)C)c1ncc(C(F)(F)F)[nH]1. The molecule has 0 aromatic carbocycles. The van der Waals surface area contributed by atoms with Gasteiger partial charge in [-0.25, -0.2) is 9.78 Å². The molecule has 1 aromatic heterocycles. The zero-order valence-corrected chi connectivity index (χ0v) is 13.3. The van der Waals surface area contributed by atoms with Gasteiger partial charge in [-0.1, -0.05) is 13.8 Å². The monoisotopic (exact) mass is 321 g/mol. The predicted octanol–water partition coefficient (Wildman–Crippen LogP) is 4.04. The smallest absolute Gasteiger partial charge is 0.432 e. The van der Waals surface area contributed by atoms with Crippen LogP contribution in [0.25, 0.3) is 0 Å². The van der Waals surface area contributed by atoms with Crippen molar-refractivity contribution in [3.63, 3.8) is 0 Å². The Balaban J connectivity index is 2.89. The number of imidazole rings is 1. The van der Waals surface area contributed by atoms with Gasteiger partial charge in [0.05, 0.1) is 12.2 Å². The molecule has 8 heteroatoms. The largest absolute Gasteiger partial charge is 0.444 e. The van der Waals surface area contributed by atoms with Gasteiger partial charge < -0.3 is 15.0 Å². The lowest BCUT2D eigenvalue weighted by Gasteiger charge is -2.23. The summed E-state index contributed by atoms with van der Waals surface area (Å²) in [6.45, 7) is 8.92. The van der Waals surface area contributed by atoms with Gasteiger partial charge in [-0.2, -0.15) is 13.2 Å². The van der Waals surface area contributed by atoms with Crippen molar-refractivity contribution in [1.29, 1.82) is 0 Å². The molecule has 126 valence electrons. The van der Waals surface area contributed by atoms with E-state index in [1.165, 1.54) is 0 Å². The van der Waals surface area contributed by atoms with Gasteiger partial charge in [0.1, 0.15) is 17.1 Å². The minimum absolute atomic E-state index is 0.0619. The molecule has 0 bridgehead atoms. The van der Waals surface area contributed by atoms with Crippen molar-refractivity contribution in [3.05, 3.63) is 17.7 Å². The van der Waals surface area contributed by atoms with Crippen LogP contribution < -0.4 is 5.32 Å². The molecule has 0 aliphatic rings. The number of ether oxygens (including phenoxy) is 1. The number of halogens is 3. The lowest BCUT2D eigenvalue weighted by atomic mass is 10.0. The number of hydrogen-bond acceptors (Lipinski definition) is 3. The average molecular weight is 321 g/mol. The molecule has 0 aliphatic carbocycles. The van der Waals surface area contributed by atoms with E-state index in [9.17, 15) is 18.0 Å². The van der Waals surface area contributed by atoms with Crippen LogP contribution in [-0.2, 0) is 10.9 Å². The molecule has 0 spiro atoms. The van der Waals surface area contributed by atoms with E-state index in [0.717, 1.165) is 6.20 Å². The van der Waals surface area contributed by atoms with Gasteiger partial charge in [0.15, 0.2) is 0 Å². The second kappa shape index (κ2) is 6.58. The summed E-state index contributed by atoms with van der Waals surface area (Å²) in [5.41, 5.74) is -1.63. The summed E-state index contributed by atoms with van der Waals surface area (Å²) in [7, 11) is 0. The van der Waals surface area contributed by atoms with E-state index >= 15 is 0 Å². The van der Waals surface area contributed by atoms with Crippen molar-refractivity contribution in [2.24, 2.45) is 5.92 Å². The van der Waals surface area contributed by atoms with Crippen molar-refractivity contribution in [2.45, 2.75) is 58.9 Å². The number of H-pyrrole nitrogens is 1. The number of carbonyl (C=O) groups is 1. The maximum atomic E-state index is 12.6. The van der Waals surface area contributed by atoms with Crippen LogP contribution in [0.2, 0.25) is 0 Å². The third-order valence-electron chi connectivity index (χ3n) is 2.63. The van der Waals surface area contributed by atoms with Crippen molar-refractivity contribution in [1.82, 2.24) is 15.3 Å². The number of carbonyl (C=O) groups excluding carboxylic acids is 1. The molecule has 1 aromatic rings. The number of alkyl halides is 3. The zero-order valence-electron chi connectivity index (χ0n) is 13.3. The molecule has 0 aliphatic heterocycles. The second-order valence-electron chi connectivity index (χ2n) is 6.51. The third-order valence-corrected chi connectivity index (χ3v) is 2.63. The molecule has 1 rings (SSSR count). The first kappa shape index (κ1) is 18.3. The molecule has 2 N–H and O–H groups in total. The topological polar surface area (TPSA) is 67.0 Å². The van der Waals surface area contributed by atoms with Crippen LogP contribution in [0, 0.1) is 5.92 Å². The molecule has 0 radical (unpaired) electrons. The van der Waals surface area contributed by atoms with Gasteiger partial charge in [0.2, 0.25) is 0 Å². The van der Waals surface area contributed by atoms with Crippen molar-refractivity contribution in [3.8, 4) is 0 Å². The molecule has 22 heavy (non-hydrogen) atoms. The first-order valence-corrected chi connectivity index (χ1v) is 7.00. The van der Waals surface area contributed by atoms with E-state index in [-0.39, 0.29) is 11.7 Å². The highest BCUT2D eigenvalue weighted by Gasteiger charge is 2.34. The molecular formula is C14H22F3N3O2. The van der Waals surface area contributed by atoms with E-state index in [1.807, 2.05) is 13.8 Å². The van der Waals surface area contributed by atoms with E-state index in [2.05, 4.69) is 15.3 Å². The van der Waals surface area contributed by atoms with Crippen LogP contribution in [0.3, 0.4) is 0 Å². The van der Waals surface area contributed by atoms with Crippen molar-refractivity contribution in [2.75, 3.05) is 0 Å². The Hall–Kier alpha value is -1.73. The summed E-state index contributed by atoms with van der Waals surface area (Å²) in [5.74, 6) is 0.214. The second-order valence-corrected chi connectivity index (χ2v) is 6.51. The summed E-state index contributed by atoms with van der Waals surface area (Å²) >= 11 is 0. The molecule has 5 nitrogen and oxygen atoms in total. The highest BCUT2D eigenvalue weighted by molar-refractivity contribution is 5.68. The molecule has 0 fully saturated rings. The molecule has 1 unspecified atom stereocenters. The Bertz CT molecular complexity index is 504. The Morgan fingerprint density at radius 3 is 2.36 bits per heavy atom. The van der Waals surface area contributed by atoms with Gasteiger partial charge >= 0.3 is 12.3 Å². The summed E-state index contributed by atoms with van der Waals surface area (Å²) in [6, 6.07) is -0.675. The van der Waals surface area contributed by atoms with Crippen molar-refractivity contribution < 1.29 is 22.7 Å². The lowest BCUT2D eigenvalue weighted by Crippen LogP contribution is -2.36. The first-order chi connectivity index (χ1) is 9.88. The van der Waals surface area contributed by atoms with Gasteiger partial charge in [0.25, 0.3) is 0 Å². The fourth-order valence-corrected chi connectivity index (χ4v) is 1.82. The molecule has 1 amide bonds. The van der Waals surface area contributed by atoms with Crippen LogP contribution in [-0.4, -0.2) is 21.7 Å². The van der Waals surface area contributed by atoms with Gasteiger partial charge in [0, 0.05) is 0 Å². The lowest BCUT2D eigenvalue weighted by molar-refractivity contribution is -0.141. The van der Waals surface area contributed by atoms with Crippen LogP contribution in [0.5, 0.6) is 0 Å².